The topological polar surface area (TPSA) is 85.6 Å². The molecule has 0 rings (SSSR count). The highest BCUT2D eigenvalue weighted by Crippen LogP contribution is 2.00. The molecule has 0 aliphatic rings. The Morgan fingerprint density at radius 1 is 1.25 bits per heavy atom. The van der Waals surface area contributed by atoms with E-state index in [9.17, 15) is 9.59 Å². The predicted octanol–water partition coefficient (Wildman–Crippen LogP) is 0.535. The molecular formula is C10H13NO5. The van der Waals surface area contributed by atoms with Crippen LogP contribution in [0.25, 0.3) is 0 Å². The van der Waals surface area contributed by atoms with E-state index in [1.807, 2.05) is 0 Å². The first kappa shape index (κ1) is 14.0. The summed E-state index contributed by atoms with van der Waals surface area (Å²) in [4.78, 5) is 22.6. The van der Waals surface area contributed by atoms with Crippen LogP contribution in [-0.2, 0) is 23.8 Å². The van der Waals surface area contributed by atoms with Crippen LogP contribution in [0, 0.1) is 11.3 Å². The number of hydrogen-bond donors (Lipinski definition) is 0. The van der Waals surface area contributed by atoms with Crippen molar-refractivity contribution in [2.24, 2.45) is 0 Å². The predicted molar refractivity (Wildman–Crippen MR) is 52.9 cm³/mol. The van der Waals surface area contributed by atoms with E-state index in [1.54, 1.807) is 19.9 Å². The minimum atomic E-state index is -1.48. The summed E-state index contributed by atoms with van der Waals surface area (Å²) >= 11 is 0. The molecule has 0 saturated carbocycles. The van der Waals surface area contributed by atoms with Gasteiger partial charge in [0.05, 0.1) is 31.6 Å². The Bertz CT molecular complexity index is 287. The summed E-state index contributed by atoms with van der Waals surface area (Å²) < 4.78 is 14.0. The molecule has 0 atom stereocenters. The SMILES string of the molecule is CCOC(=O)C(OC=CC#N)C(=O)OCC. The Hall–Kier alpha value is -2.03. The van der Waals surface area contributed by atoms with Gasteiger partial charge in [0, 0.05) is 0 Å². The van der Waals surface area contributed by atoms with Crippen LogP contribution in [-0.4, -0.2) is 31.3 Å². The molecule has 0 bridgehead atoms. The number of carbonyl (C=O) groups excluding carboxylic acids is 2. The van der Waals surface area contributed by atoms with Gasteiger partial charge in [0.25, 0.3) is 6.10 Å². The molecule has 0 spiro atoms. The van der Waals surface area contributed by atoms with Crippen LogP contribution in [0.1, 0.15) is 13.8 Å². The van der Waals surface area contributed by atoms with E-state index in [-0.39, 0.29) is 13.2 Å². The van der Waals surface area contributed by atoms with Crippen molar-refractivity contribution in [3.8, 4) is 6.07 Å². The zero-order valence-corrected chi connectivity index (χ0v) is 9.13. The van der Waals surface area contributed by atoms with Crippen molar-refractivity contribution in [3.63, 3.8) is 0 Å². The van der Waals surface area contributed by atoms with Crippen molar-refractivity contribution < 1.29 is 23.8 Å². The first-order chi connectivity index (χ1) is 7.67. The van der Waals surface area contributed by atoms with Gasteiger partial charge in [-0.05, 0) is 13.8 Å². The van der Waals surface area contributed by atoms with Crippen LogP contribution in [0.4, 0.5) is 0 Å². The Balaban J connectivity index is 4.50. The Morgan fingerprint density at radius 2 is 1.75 bits per heavy atom. The molecule has 0 amide bonds. The lowest BCUT2D eigenvalue weighted by molar-refractivity contribution is -0.168. The summed E-state index contributed by atoms with van der Waals surface area (Å²) in [6, 6.07) is 1.66. The molecule has 0 aliphatic carbocycles. The van der Waals surface area contributed by atoms with Gasteiger partial charge in [0.2, 0.25) is 0 Å². The van der Waals surface area contributed by atoms with Crippen molar-refractivity contribution in [3.05, 3.63) is 12.3 Å². The summed E-state index contributed by atoms with van der Waals surface area (Å²) in [6.07, 6.45) is 0.453. The molecule has 0 heterocycles. The lowest BCUT2D eigenvalue weighted by Crippen LogP contribution is -2.35. The maximum absolute atomic E-state index is 11.3. The fourth-order valence-electron chi connectivity index (χ4n) is 0.792. The average molecular weight is 227 g/mol. The monoisotopic (exact) mass is 227 g/mol. The van der Waals surface area contributed by atoms with E-state index in [0.29, 0.717) is 0 Å². The van der Waals surface area contributed by atoms with Crippen LogP contribution >= 0.6 is 0 Å². The summed E-state index contributed by atoms with van der Waals surface area (Å²) in [6.45, 7) is 3.45. The Morgan fingerprint density at radius 3 is 2.12 bits per heavy atom. The van der Waals surface area contributed by atoms with E-state index >= 15 is 0 Å². The first-order valence-corrected chi connectivity index (χ1v) is 4.70. The molecule has 0 radical (unpaired) electrons. The summed E-state index contributed by atoms with van der Waals surface area (Å²) in [5, 5.41) is 8.21. The second-order valence-electron chi connectivity index (χ2n) is 2.45. The standard InChI is InChI=1S/C10H13NO5/c1-3-14-9(12)8(10(13)15-4-2)16-7-5-6-11/h5,7-8H,3-4H2,1-2H3. The van der Waals surface area contributed by atoms with E-state index in [2.05, 4.69) is 9.47 Å². The zero-order chi connectivity index (χ0) is 12.4. The lowest BCUT2D eigenvalue weighted by Gasteiger charge is -2.13. The highest BCUT2D eigenvalue weighted by atomic mass is 16.6. The van der Waals surface area contributed by atoms with Gasteiger partial charge in [-0.1, -0.05) is 0 Å². The normalized spacial score (nSPS) is 9.88. The maximum atomic E-state index is 11.3. The fourth-order valence-corrected chi connectivity index (χ4v) is 0.792. The number of allylic oxidation sites excluding steroid dienone is 1. The van der Waals surface area contributed by atoms with Crippen LogP contribution < -0.4 is 0 Å². The zero-order valence-electron chi connectivity index (χ0n) is 9.13. The van der Waals surface area contributed by atoms with E-state index in [4.69, 9.17) is 10.00 Å². The Labute approximate surface area is 93.4 Å². The first-order valence-electron chi connectivity index (χ1n) is 4.70. The van der Waals surface area contributed by atoms with Crippen molar-refractivity contribution in [2.45, 2.75) is 20.0 Å². The number of nitriles is 1. The maximum Gasteiger partial charge on any atom is 0.359 e. The number of hydrogen-bond acceptors (Lipinski definition) is 6. The van der Waals surface area contributed by atoms with Crippen LogP contribution in [0.3, 0.4) is 0 Å². The van der Waals surface area contributed by atoms with Gasteiger partial charge in [0.1, 0.15) is 0 Å². The van der Waals surface area contributed by atoms with Crippen molar-refractivity contribution in [2.75, 3.05) is 13.2 Å². The highest BCUT2D eigenvalue weighted by Gasteiger charge is 2.30. The number of esters is 2. The molecular weight excluding hydrogens is 214 g/mol. The second-order valence-corrected chi connectivity index (χ2v) is 2.45. The van der Waals surface area contributed by atoms with Gasteiger partial charge in [-0.25, -0.2) is 9.59 Å². The molecule has 6 nitrogen and oxygen atoms in total. The number of nitrogens with zero attached hydrogens (tertiary/aromatic N) is 1. The van der Waals surface area contributed by atoms with Gasteiger partial charge >= 0.3 is 11.9 Å². The quantitative estimate of drug-likeness (QED) is 0.285. The molecule has 0 unspecified atom stereocenters. The minimum Gasteiger partial charge on any atom is -0.474 e. The van der Waals surface area contributed by atoms with Crippen LogP contribution in [0.15, 0.2) is 12.3 Å². The molecule has 6 heteroatoms. The average Bonchev–Trinajstić information content (AvgIpc) is 2.25. The third-order valence-corrected chi connectivity index (χ3v) is 1.36. The molecule has 0 fully saturated rings. The molecule has 0 saturated heterocycles. The van der Waals surface area contributed by atoms with E-state index in [1.165, 1.54) is 0 Å². The number of carbonyl (C=O) groups is 2. The summed E-state index contributed by atoms with van der Waals surface area (Å²) in [5.74, 6) is -1.69. The fraction of sp³-hybridized carbons (Fsp3) is 0.500. The van der Waals surface area contributed by atoms with Crippen molar-refractivity contribution >= 4 is 11.9 Å². The number of rotatable bonds is 6. The minimum absolute atomic E-state index is 0.125. The van der Waals surface area contributed by atoms with E-state index < -0.39 is 18.0 Å². The van der Waals surface area contributed by atoms with Gasteiger partial charge in [-0.2, -0.15) is 5.26 Å². The van der Waals surface area contributed by atoms with Gasteiger partial charge in [-0.3, -0.25) is 0 Å². The van der Waals surface area contributed by atoms with Crippen LogP contribution in [0.2, 0.25) is 0 Å². The van der Waals surface area contributed by atoms with E-state index in [0.717, 1.165) is 12.3 Å². The van der Waals surface area contributed by atoms with Gasteiger partial charge in [-0.15, -0.1) is 0 Å². The second kappa shape index (κ2) is 8.29. The smallest absolute Gasteiger partial charge is 0.359 e. The largest absolute Gasteiger partial charge is 0.474 e. The molecule has 0 aromatic carbocycles. The van der Waals surface area contributed by atoms with Gasteiger partial charge in [0.15, 0.2) is 0 Å². The number of ether oxygens (including phenoxy) is 3. The van der Waals surface area contributed by atoms with Crippen LogP contribution in [0.5, 0.6) is 0 Å². The summed E-state index contributed by atoms with van der Waals surface area (Å²) in [7, 11) is 0. The third kappa shape index (κ3) is 5.00. The molecule has 16 heavy (non-hydrogen) atoms. The highest BCUT2D eigenvalue weighted by molar-refractivity contribution is 5.98. The molecule has 88 valence electrons. The molecule has 0 N–H and O–H groups in total. The molecule has 0 aromatic rings. The lowest BCUT2D eigenvalue weighted by atomic mass is 10.3. The van der Waals surface area contributed by atoms with Gasteiger partial charge < -0.3 is 14.2 Å². The Kier molecular flexibility index (Phi) is 7.24. The van der Waals surface area contributed by atoms with Crippen molar-refractivity contribution in [1.82, 2.24) is 0 Å². The third-order valence-electron chi connectivity index (χ3n) is 1.36. The molecule has 0 aliphatic heterocycles. The molecule has 0 aromatic heterocycles. The summed E-state index contributed by atoms with van der Waals surface area (Å²) in [5.41, 5.74) is 0. The van der Waals surface area contributed by atoms with Crippen molar-refractivity contribution in [1.29, 1.82) is 5.26 Å².